The van der Waals surface area contributed by atoms with Crippen LogP contribution in [0, 0.1) is 18.7 Å². The standard InChI is InChI=1S/C24H25FN8O3/c1-14-21(36-18-5-3-4-16(12-18)24(34)35)11-10-19(26-14)22-20(32(2)30-27-22)13-33-29-23(28-31-33)15-6-8-17(25)9-7-15/h6-11,16,18H,3-5,12-13H2,1-2H3,(H,34,35)/t16-,18-/m0/s1. The number of tetrazole rings is 1. The van der Waals surface area contributed by atoms with Crippen molar-refractivity contribution in [1.82, 2.24) is 40.2 Å². The molecule has 3 heterocycles. The molecule has 1 fully saturated rings. The minimum Gasteiger partial charge on any atom is -0.489 e. The summed E-state index contributed by atoms with van der Waals surface area (Å²) >= 11 is 0. The van der Waals surface area contributed by atoms with Crippen molar-refractivity contribution in [2.75, 3.05) is 0 Å². The summed E-state index contributed by atoms with van der Waals surface area (Å²) in [5, 5.41) is 30.3. The van der Waals surface area contributed by atoms with Crippen LogP contribution in [0.4, 0.5) is 4.39 Å². The number of hydrogen-bond donors (Lipinski definition) is 1. The molecule has 1 N–H and O–H groups in total. The van der Waals surface area contributed by atoms with Gasteiger partial charge in [0.25, 0.3) is 0 Å². The largest absolute Gasteiger partial charge is 0.489 e. The van der Waals surface area contributed by atoms with Gasteiger partial charge in [0.2, 0.25) is 5.82 Å². The Balaban J connectivity index is 1.33. The number of carbonyl (C=O) groups is 1. The van der Waals surface area contributed by atoms with Crippen molar-refractivity contribution in [3.8, 4) is 28.5 Å². The average molecular weight is 493 g/mol. The highest BCUT2D eigenvalue weighted by Crippen LogP contribution is 2.30. The molecule has 36 heavy (non-hydrogen) atoms. The Morgan fingerprint density at radius 3 is 2.69 bits per heavy atom. The second kappa shape index (κ2) is 9.80. The Kier molecular flexibility index (Phi) is 6.40. The SMILES string of the molecule is Cc1nc(-c2nnn(C)c2Cn2nnc(-c3ccc(F)cc3)n2)ccc1O[C@H]1CCC[C@H](C(=O)O)C1. The first-order valence-electron chi connectivity index (χ1n) is 11.7. The number of pyridine rings is 1. The number of carboxylic acids is 1. The van der Waals surface area contributed by atoms with Crippen LogP contribution in [-0.4, -0.2) is 57.4 Å². The number of carboxylic acid groups (broad SMARTS) is 1. The van der Waals surface area contributed by atoms with E-state index in [1.165, 1.54) is 16.9 Å². The van der Waals surface area contributed by atoms with E-state index in [9.17, 15) is 14.3 Å². The molecule has 0 bridgehead atoms. The molecular weight excluding hydrogens is 467 g/mol. The molecule has 4 aromatic rings. The summed E-state index contributed by atoms with van der Waals surface area (Å²) in [6.45, 7) is 2.10. The molecule has 0 spiro atoms. The van der Waals surface area contributed by atoms with Gasteiger partial charge < -0.3 is 9.84 Å². The molecule has 5 rings (SSSR count). The first kappa shape index (κ1) is 23.5. The zero-order valence-electron chi connectivity index (χ0n) is 19.9. The van der Waals surface area contributed by atoms with Crippen LogP contribution in [0.5, 0.6) is 5.75 Å². The number of aliphatic carboxylic acids is 1. The van der Waals surface area contributed by atoms with Crippen LogP contribution >= 0.6 is 0 Å². The lowest BCUT2D eigenvalue weighted by Crippen LogP contribution is -2.29. The Labute approximate surface area is 205 Å². The van der Waals surface area contributed by atoms with Crippen molar-refractivity contribution < 1.29 is 19.0 Å². The fraction of sp³-hybridized carbons (Fsp3) is 0.375. The van der Waals surface area contributed by atoms with E-state index < -0.39 is 5.97 Å². The number of rotatable bonds is 7. The minimum atomic E-state index is -0.768. The third-order valence-corrected chi connectivity index (χ3v) is 6.34. The van der Waals surface area contributed by atoms with Crippen molar-refractivity contribution in [3.05, 3.63) is 53.6 Å². The summed E-state index contributed by atoms with van der Waals surface area (Å²) < 4.78 is 21.0. The van der Waals surface area contributed by atoms with E-state index in [2.05, 4.69) is 30.7 Å². The highest BCUT2D eigenvalue weighted by Gasteiger charge is 2.28. The van der Waals surface area contributed by atoms with E-state index in [1.807, 2.05) is 19.1 Å². The molecule has 1 aromatic carbocycles. The molecule has 0 amide bonds. The van der Waals surface area contributed by atoms with E-state index in [1.54, 1.807) is 23.9 Å². The van der Waals surface area contributed by atoms with Gasteiger partial charge in [-0.15, -0.1) is 15.3 Å². The highest BCUT2D eigenvalue weighted by atomic mass is 19.1. The van der Waals surface area contributed by atoms with Crippen LogP contribution < -0.4 is 4.74 Å². The zero-order chi connectivity index (χ0) is 25.2. The lowest BCUT2D eigenvalue weighted by Gasteiger charge is -2.27. The third kappa shape index (κ3) is 4.92. The van der Waals surface area contributed by atoms with Crippen LogP contribution in [0.25, 0.3) is 22.8 Å². The van der Waals surface area contributed by atoms with Crippen molar-refractivity contribution in [3.63, 3.8) is 0 Å². The summed E-state index contributed by atoms with van der Waals surface area (Å²) in [6, 6.07) is 9.53. The zero-order valence-corrected chi connectivity index (χ0v) is 19.9. The molecule has 3 aromatic heterocycles. The van der Waals surface area contributed by atoms with Crippen LogP contribution in [-0.2, 0) is 18.4 Å². The summed E-state index contributed by atoms with van der Waals surface area (Å²) in [5.74, 6) is -0.459. The maximum atomic E-state index is 13.2. The summed E-state index contributed by atoms with van der Waals surface area (Å²) in [6.07, 6.45) is 2.69. The topological polar surface area (TPSA) is 134 Å². The molecule has 11 nitrogen and oxygen atoms in total. The van der Waals surface area contributed by atoms with Crippen LogP contribution in [0.2, 0.25) is 0 Å². The predicted octanol–water partition coefficient (Wildman–Crippen LogP) is 3.05. The van der Waals surface area contributed by atoms with Gasteiger partial charge in [0, 0.05) is 12.6 Å². The third-order valence-electron chi connectivity index (χ3n) is 6.34. The summed E-state index contributed by atoms with van der Waals surface area (Å²) in [4.78, 5) is 17.5. The molecule has 1 aliphatic carbocycles. The van der Waals surface area contributed by atoms with E-state index in [0.717, 1.165) is 18.5 Å². The van der Waals surface area contributed by atoms with Crippen molar-refractivity contribution in [2.24, 2.45) is 13.0 Å². The first-order chi connectivity index (χ1) is 17.4. The van der Waals surface area contributed by atoms with Gasteiger partial charge in [0.15, 0.2) is 0 Å². The van der Waals surface area contributed by atoms with Crippen molar-refractivity contribution in [2.45, 2.75) is 45.3 Å². The van der Waals surface area contributed by atoms with Gasteiger partial charge in [-0.1, -0.05) is 5.21 Å². The fourth-order valence-corrected chi connectivity index (χ4v) is 4.37. The van der Waals surface area contributed by atoms with Gasteiger partial charge >= 0.3 is 5.97 Å². The molecule has 1 saturated carbocycles. The van der Waals surface area contributed by atoms with Crippen molar-refractivity contribution in [1.29, 1.82) is 0 Å². The molecule has 12 heteroatoms. The van der Waals surface area contributed by atoms with Gasteiger partial charge in [-0.2, -0.15) is 4.80 Å². The molecular formula is C24H25FN8O3. The van der Waals surface area contributed by atoms with Gasteiger partial charge in [-0.3, -0.25) is 4.79 Å². The number of aryl methyl sites for hydroxylation is 2. The molecule has 0 unspecified atom stereocenters. The second-order valence-electron chi connectivity index (χ2n) is 8.88. The maximum Gasteiger partial charge on any atom is 0.306 e. The molecule has 2 atom stereocenters. The minimum absolute atomic E-state index is 0.146. The summed E-state index contributed by atoms with van der Waals surface area (Å²) in [5.41, 5.74) is 3.27. The van der Waals surface area contributed by atoms with Gasteiger partial charge in [0.1, 0.15) is 23.8 Å². The molecule has 1 aliphatic rings. The maximum absolute atomic E-state index is 13.2. The van der Waals surface area contributed by atoms with Crippen LogP contribution in [0.15, 0.2) is 36.4 Å². The van der Waals surface area contributed by atoms with E-state index >= 15 is 0 Å². The monoisotopic (exact) mass is 492 g/mol. The Morgan fingerprint density at radius 1 is 1.14 bits per heavy atom. The quantitative estimate of drug-likeness (QED) is 0.413. The Bertz CT molecular complexity index is 1380. The number of hydrogen-bond acceptors (Lipinski definition) is 8. The van der Waals surface area contributed by atoms with E-state index in [-0.39, 0.29) is 24.4 Å². The number of nitrogens with zero attached hydrogens (tertiary/aromatic N) is 8. The number of benzene rings is 1. The molecule has 0 saturated heterocycles. The Morgan fingerprint density at radius 2 is 1.94 bits per heavy atom. The highest BCUT2D eigenvalue weighted by molar-refractivity contribution is 5.70. The summed E-state index contributed by atoms with van der Waals surface area (Å²) in [7, 11) is 1.77. The molecule has 186 valence electrons. The average Bonchev–Trinajstić information content (AvgIpc) is 3.48. The van der Waals surface area contributed by atoms with Gasteiger partial charge in [-0.25, -0.2) is 14.1 Å². The normalized spacial score (nSPS) is 17.8. The fourth-order valence-electron chi connectivity index (χ4n) is 4.37. The number of ether oxygens (including phenoxy) is 1. The van der Waals surface area contributed by atoms with Crippen LogP contribution in [0.1, 0.15) is 37.1 Å². The number of halogens is 1. The van der Waals surface area contributed by atoms with Gasteiger partial charge in [-0.05, 0) is 74.2 Å². The predicted molar refractivity (Wildman–Crippen MR) is 125 cm³/mol. The van der Waals surface area contributed by atoms with Gasteiger partial charge in [0.05, 0.1) is 29.1 Å². The van der Waals surface area contributed by atoms with Crippen LogP contribution in [0.3, 0.4) is 0 Å². The number of aromatic nitrogens is 8. The Hall–Kier alpha value is -4.22. The first-order valence-corrected chi connectivity index (χ1v) is 11.7. The van der Waals surface area contributed by atoms with E-state index in [4.69, 9.17) is 4.74 Å². The van der Waals surface area contributed by atoms with E-state index in [0.29, 0.717) is 47.1 Å². The molecule has 0 radical (unpaired) electrons. The van der Waals surface area contributed by atoms with Crippen molar-refractivity contribution >= 4 is 5.97 Å². The smallest absolute Gasteiger partial charge is 0.306 e. The second-order valence-corrected chi connectivity index (χ2v) is 8.88. The lowest BCUT2D eigenvalue weighted by atomic mass is 9.87. The molecule has 0 aliphatic heterocycles. The lowest BCUT2D eigenvalue weighted by molar-refractivity contribution is -0.143.